The number of hydrogen-bond acceptors (Lipinski definition) is 5. The smallest absolute Gasteiger partial charge is 0.233 e. The van der Waals surface area contributed by atoms with Crippen LogP contribution < -0.4 is 4.74 Å². The molecule has 1 fully saturated rings. The van der Waals surface area contributed by atoms with E-state index >= 15 is 0 Å². The van der Waals surface area contributed by atoms with E-state index in [-0.39, 0.29) is 12.2 Å². The van der Waals surface area contributed by atoms with E-state index in [0.29, 0.717) is 17.6 Å². The van der Waals surface area contributed by atoms with Crippen LogP contribution in [0.1, 0.15) is 47.9 Å². The third-order valence-electron chi connectivity index (χ3n) is 3.84. The number of ketones is 1. The molecule has 1 aliphatic carbocycles. The van der Waals surface area contributed by atoms with Crippen LogP contribution in [0, 0.1) is 0 Å². The van der Waals surface area contributed by atoms with Crippen LogP contribution in [0.25, 0.3) is 0 Å². The second-order valence-corrected chi connectivity index (χ2v) is 5.29. The van der Waals surface area contributed by atoms with Crippen LogP contribution in [0.3, 0.4) is 0 Å². The Morgan fingerprint density at radius 2 is 2.10 bits per heavy atom. The number of ether oxygens (including phenoxy) is 1. The van der Waals surface area contributed by atoms with Crippen LogP contribution >= 0.6 is 0 Å². The lowest BCUT2D eigenvalue weighted by atomic mass is 10.1. The predicted octanol–water partition coefficient (Wildman–Crippen LogP) is 2.22. The number of methoxy groups -OCH3 is 1. The van der Waals surface area contributed by atoms with Gasteiger partial charge in [-0.05, 0) is 25.0 Å². The van der Waals surface area contributed by atoms with Crippen LogP contribution in [0.15, 0.2) is 24.4 Å². The molecule has 0 amide bonds. The maximum absolute atomic E-state index is 12.2. The lowest BCUT2D eigenvalue weighted by molar-refractivity contribution is 0.0985. The van der Waals surface area contributed by atoms with E-state index in [1.54, 1.807) is 12.1 Å². The van der Waals surface area contributed by atoms with Gasteiger partial charge in [0.1, 0.15) is 5.69 Å². The minimum absolute atomic E-state index is 0.0816. The summed E-state index contributed by atoms with van der Waals surface area (Å²) in [6.07, 6.45) is 7.11. The van der Waals surface area contributed by atoms with E-state index in [2.05, 4.69) is 15.3 Å². The van der Waals surface area contributed by atoms with Crippen LogP contribution in [-0.4, -0.2) is 32.9 Å². The topological polar surface area (TPSA) is 69.9 Å². The molecule has 6 heteroatoms. The van der Waals surface area contributed by atoms with Crippen LogP contribution in [0.2, 0.25) is 0 Å². The van der Waals surface area contributed by atoms with Gasteiger partial charge in [-0.2, -0.15) is 5.10 Å². The third-order valence-corrected chi connectivity index (χ3v) is 3.84. The third kappa shape index (κ3) is 3.09. The van der Waals surface area contributed by atoms with E-state index in [0.717, 1.165) is 5.69 Å². The summed E-state index contributed by atoms with van der Waals surface area (Å²) < 4.78 is 6.92. The van der Waals surface area contributed by atoms with Crippen molar-refractivity contribution in [3.63, 3.8) is 0 Å². The van der Waals surface area contributed by atoms with Crippen molar-refractivity contribution < 1.29 is 9.53 Å². The molecule has 0 aliphatic heterocycles. The minimum Gasteiger partial charge on any atom is -0.480 e. The standard InChI is InChI=1S/C15H18N4O2/c1-21-15-7-6-13(16-17-15)14(20)10-11-8-9-19(18-11)12-4-2-3-5-12/h6-9,12H,2-5,10H2,1H3. The predicted molar refractivity (Wildman–Crippen MR) is 76.4 cm³/mol. The van der Waals surface area contributed by atoms with Crippen LogP contribution in [-0.2, 0) is 6.42 Å². The number of carbonyl (C=O) groups is 1. The summed E-state index contributed by atoms with van der Waals surface area (Å²) in [5, 5.41) is 12.2. The zero-order chi connectivity index (χ0) is 14.7. The maximum atomic E-state index is 12.2. The molecule has 6 nitrogen and oxygen atoms in total. The molecule has 0 spiro atoms. The largest absolute Gasteiger partial charge is 0.480 e. The highest BCUT2D eigenvalue weighted by Crippen LogP contribution is 2.28. The molecule has 1 aliphatic rings. The summed E-state index contributed by atoms with van der Waals surface area (Å²) in [6, 6.07) is 5.67. The molecule has 110 valence electrons. The minimum atomic E-state index is -0.0816. The molecule has 2 aromatic rings. The summed E-state index contributed by atoms with van der Waals surface area (Å²) in [7, 11) is 1.52. The number of carbonyl (C=O) groups excluding carboxylic acids is 1. The number of nitrogens with zero attached hydrogens (tertiary/aromatic N) is 4. The molecular weight excluding hydrogens is 268 g/mol. The van der Waals surface area contributed by atoms with Crippen molar-refractivity contribution >= 4 is 5.78 Å². The quantitative estimate of drug-likeness (QED) is 0.788. The summed E-state index contributed by atoms with van der Waals surface area (Å²) in [6.45, 7) is 0. The lowest BCUT2D eigenvalue weighted by Gasteiger charge is -2.08. The fourth-order valence-electron chi connectivity index (χ4n) is 2.68. The lowest BCUT2D eigenvalue weighted by Crippen LogP contribution is -2.10. The number of aromatic nitrogens is 4. The molecule has 21 heavy (non-hydrogen) atoms. The summed E-state index contributed by atoms with van der Waals surface area (Å²) in [5.41, 5.74) is 1.12. The Hall–Kier alpha value is -2.24. The SMILES string of the molecule is COc1ccc(C(=O)Cc2ccn(C3CCCC3)n2)nn1. The first-order valence-electron chi connectivity index (χ1n) is 7.21. The number of rotatable bonds is 5. The highest BCUT2D eigenvalue weighted by Gasteiger charge is 2.18. The Kier molecular flexibility index (Phi) is 3.94. The Morgan fingerprint density at radius 1 is 1.29 bits per heavy atom. The van der Waals surface area contributed by atoms with Gasteiger partial charge in [0.15, 0.2) is 5.78 Å². The van der Waals surface area contributed by atoms with Gasteiger partial charge >= 0.3 is 0 Å². The molecule has 0 unspecified atom stereocenters. The van der Waals surface area contributed by atoms with Crippen LogP contribution in [0.4, 0.5) is 0 Å². The van der Waals surface area contributed by atoms with E-state index in [9.17, 15) is 4.79 Å². The molecular formula is C15H18N4O2. The van der Waals surface area contributed by atoms with E-state index < -0.39 is 0 Å². The normalized spacial score (nSPS) is 15.3. The highest BCUT2D eigenvalue weighted by atomic mass is 16.5. The monoisotopic (exact) mass is 286 g/mol. The second-order valence-electron chi connectivity index (χ2n) is 5.29. The summed E-state index contributed by atoms with van der Waals surface area (Å²) in [5.74, 6) is 0.318. The van der Waals surface area contributed by atoms with Crippen molar-refractivity contribution in [2.24, 2.45) is 0 Å². The van der Waals surface area contributed by atoms with Gasteiger partial charge in [-0.1, -0.05) is 12.8 Å². The molecule has 1 saturated carbocycles. The maximum Gasteiger partial charge on any atom is 0.233 e. The van der Waals surface area contributed by atoms with E-state index in [1.165, 1.54) is 32.8 Å². The van der Waals surface area contributed by atoms with E-state index in [4.69, 9.17) is 4.74 Å². The van der Waals surface area contributed by atoms with Gasteiger partial charge in [0, 0.05) is 12.3 Å². The molecule has 2 aromatic heterocycles. The molecule has 0 N–H and O–H groups in total. The van der Waals surface area contributed by atoms with Gasteiger partial charge in [0.05, 0.1) is 25.3 Å². The van der Waals surface area contributed by atoms with Gasteiger partial charge in [-0.3, -0.25) is 9.48 Å². The first kappa shape index (κ1) is 13.7. The fraction of sp³-hybridized carbons (Fsp3) is 0.467. The van der Waals surface area contributed by atoms with Crippen molar-refractivity contribution in [3.05, 3.63) is 35.8 Å². The van der Waals surface area contributed by atoms with Gasteiger partial charge < -0.3 is 4.74 Å². The Labute approximate surface area is 123 Å². The van der Waals surface area contributed by atoms with Crippen molar-refractivity contribution in [2.75, 3.05) is 7.11 Å². The Balaban J connectivity index is 1.66. The van der Waals surface area contributed by atoms with Gasteiger partial charge in [0.2, 0.25) is 5.88 Å². The second kappa shape index (κ2) is 6.03. The molecule has 0 bridgehead atoms. The summed E-state index contributed by atoms with van der Waals surface area (Å²) in [4.78, 5) is 12.2. The zero-order valence-corrected chi connectivity index (χ0v) is 12.0. The first-order valence-corrected chi connectivity index (χ1v) is 7.21. The van der Waals surface area contributed by atoms with Crippen molar-refractivity contribution in [1.29, 1.82) is 0 Å². The molecule has 0 atom stereocenters. The van der Waals surface area contributed by atoms with Crippen molar-refractivity contribution in [1.82, 2.24) is 20.0 Å². The van der Waals surface area contributed by atoms with Crippen LogP contribution in [0.5, 0.6) is 5.88 Å². The summed E-state index contributed by atoms with van der Waals surface area (Å²) >= 11 is 0. The molecule has 0 radical (unpaired) electrons. The molecule has 2 heterocycles. The molecule has 3 rings (SSSR count). The van der Waals surface area contributed by atoms with E-state index in [1.807, 2.05) is 16.9 Å². The average Bonchev–Trinajstić information content (AvgIpc) is 3.18. The number of hydrogen-bond donors (Lipinski definition) is 0. The average molecular weight is 286 g/mol. The molecule has 0 saturated heterocycles. The Morgan fingerprint density at radius 3 is 2.76 bits per heavy atom. The number of Topliss-reactive ketones (excluding diaryl/α,β-unsaturated/α-hetero) is 1. The van der Waals surface area contributed by atoms with Crippen molar-refractivity contribution in [2.45, 2.75) is 38.1 Å². The van der Waals surface area contributed by atoms with Gasteiger partial charge in [-0.25, -0.2) is 0 Å². The van der Waals surface area contributed by atoms with Crippen molar-refractivity contribution in [3.8, 4) is 5.88 Å². The molecule has 0 aromatic carbocycles. The first-order chi connectivity index (χ1) is 10.3. The van der Waals surface area contributed by atoms with Gasteiger partial charge in [0.25, 0.3) is 0 Å². The fourth-order valence-corrected chi connectivity index (χ4v) is 2.68. The Bertz CT molecular complexity index is 615. The zero-order valence-electron chi connectivity index (χ0n) is 12.0. The van der Waals surface area contributed by atoms with Gasteiger partial charge in [-0.15, -0.1) is 10.2 Å². The highest BCUT2D eigenvalue weighted by molar-refractivity contribution is 5.95.